The third-order valence-corrected chi connectivity index (χ3v) is 3.07. The molecule has 1 aromatic rings. The zero-order valence-corrected chi connectivity index (χ0v) is 11.5. The number of halogens is 1. The van der Waals surface area contributed by atoms with E-state index in [0.29, 0.717) is 17.2 Å². The molecule has 3 nitrogen and oxygen atoms in total. The van der Waals surface area contributed by atoms with Gasteiger partial charge in [-0.25, -0.2) is 0 Å². The molecule has 0 N–H and O–H groups in total. The van der Waals surface area contributed by atoms with E-state index in [4.69, 9.17) is 25.8 Å². The van der Waals surface area contributed by atoms with Crippen molar-refractivity contribution in [2.24, 2.45) is 0 Å². The summed E-state index contributed by atoms with van der Waals surface area (Å²) in [6, 6.07) is 3.77. The lowest BCUT2D eigenvalue weighted by molar-refractivity contribution is 0.322. The van der Waals surface area contributed by atoms with Crippen LogP contribution in [0.5, 0.6) is 17.2 Å². The maximum Gasteiger partial charge on any atom is 0.203 e. The highest BCUT2D eigenvalue weighted by Crippen LogP contribution is 2.44. The summed E-state index contributed by atoms with van der Waals surface area (Å²) >= 11 is 6.34. The van der Waals surface area contributed by atoms with Crippen LogP contribution in [0, 0.1) is 0 Å². The van der Waals surface area contributed by atoms with E-state index in [1.165, 1.54) is 0 Å². The van der Waals surface area contributed by atoms with Crippen molar-refractivity contribution in [1.29, 1.82) is 0 Å². The number of ether oxygens (including phenoxy) is 3. The smallest absolute Gasteiger partial charge is 0.203 e. The van der Waals surface area contributed by atoms with E-state index >= 15 is 0 Å². The molecule has 0 fully saturated rings. The van der Waals surface area contributed by atoms with Crippen LogP contribution in [0.25, 0.3) is 0 Å². The van der Waals surface area contributed by atoms with E-state index < -0.39 is 0 Å². The maximum atomic E-state index is 6.34. The number of rotatable bonds is 6. The molecule has 4 heteroatoms. The van der Waals surface area contributed by atoms with Crippen LogP contribution < -0.4 is 14.2 Å². The lowest BCUT2D eigenvalue weighted by Crippen LogP contribution is -2.00. The Bertz CT molecular complexity index is 366. The predicted molar refractivity (Wildman–Crippen MR) is 69.6 cm³/mol. The summed E-state index contributed by atoms with van der Waals surface area (Å²) in [5.41, 5.74) is 0.939. The molecule has 0 radical (unpaired) electrons. The van der Waals surface area contributed by atoms with E-state index in [9.17, 15) is 0 Å². The molecule has 1 rings (SSSR count). The second-order valence-electron chi connectivity index (χ2n) is 3.68. The van der Waals surface area contributed by atoms with E-state index in [2.05, 4.69) is 6.92 Å². The summed E-state index contributed by atoms with van der Waals surface area (Å²) in [5, 5.41) is -0.0743. The third kappa shape index (κ3) is 2.97. The molecule has 17 heavy (non-hydrogen) atoms. The predicted octanol–water partition coefficient (Wildman–Crippen LogP) is 3.79. The fraction of sp³-hybridized carbons (Fsp3) is 0.538. The van der Waals surface area contributed by atoms with Crippen molar-refractivity contribution in [2.45, 2.75) is 25.1 Å². The van der Waals surface area contributed by atoms with Crippen molar-refractivity contribution >= 4 is 11.6 Å². The second-order valence-corrected chi connectivity index (χ2v) is 4.21. The fourth-order valence-corrected chi connectivity index (χ4v) is 2.17. The minimum Gasteiger partial charge on any atom is -0.493 e. The molecule has 1 aromatic carbocycles. The number of hydrogen-bond donors (Lipinski definition) is 0. The Morgan fingerprint density at radius 1 is 1.06 bits per heavy atom. The van der Waals surface area contributed by atoms with Gasteiger partial charge in [-0.15, -0.1) is 11.6 Å². The molecule has 96 valence electrons. The molecule has 0 heterocycles. The third-order valence-electron chi connectivity index (χ3n) is 2.61. The molecule has 0 saturated carbocycles. The summed E-state index contributed by atoms with van der Waals surface area (Å²) in [6.45, 7) is 2.10. The summed E-state index contributed by atoms with van der Waals surface area (Å²) < 4.78 is 15.9. The zero-order chi connectivity index (χ0) is 12.8. The lowest BCUT2D eigenvalue weighted by atomic mass is 10.1. The molecule has 0 amide bonds. The number of hydrogen-bond acceptors (Lipinski definition) is 3. The standard InChI is InChI=1S/C13H19ClO3/c1-5-6-10(14)9-7-8-11(15-2)13(17-4)12(9)16-3/h7-8,10H,5-6H2,1-4H3. The summed E-state index contributed by atoms with van der Waals surface area (Å²) in [6.07, 6.45) is 1.92. The van der Waals surface area contributed by atoms with Gasteiger partial charge in [-0.1, -0.05) is 13.3 Å². The van der Waals surface area contributed by atoms with Gasteiger partial charge in [0.15, 0.2) is 11.5 Å². The van der Waals surface area contributed by atoms with Gasteiger partial charge in [0.05, 0.1) is 26.7 Å². The van der Waals surface area contributed by atoms with Gasteiger partial charge in [-0.2, -0.15) is 0 Å². The molecule has 0 saturated heterocycles. The number of methoxy groups -OCH3 is 3. The van der Waals surface area contributed by atoms with Gasteiger partial charge < -0.3 is 14.2 Å². The Kier molecular flexibility index (Phi) is 5.42. The van der Waals surface area contributed by atoms with E-state index in [1.54, 1.807) is 21.3 Å². The Labute approximate surface area is 108 Å². The first kappa shape index (κ1) is 14.0. The van der Waals surface area contributed by atoms with E-state index in [0.717, 1.165) is 18.4 Å². The van der Waals surface area contributed by atoms with Gasteiger partial charge in [-0.05, 0) is 18.6 Å². The largest absolute Gasteiger partial charge is 0.493 e. The highest BCUT2D eigenvalue weighted by atomic mass is 35.5. The molecule has 1 unspecified atom stereocenters. The fourth-order valence-electron chi connectivity index (χ4n) is 1.78. The van der Waals surface area contributed by atoms with Crippen LogP contribution in [-0.2, 0) is 0 Å². The van der Waals surface area contributed by atoms with Crippen molar-refractivity contribution < 1.29 is 14.2 Å². The van der Waals surface area contributed by atoms with Gasteiger partial charge in [-0.3, -0.25) is 0 Å². The Morgan fingerprint density at radius 2 is 1.71 bits per heavy atom. The molecular weight excluding hydrogens is 240 g/mol. The van der Waals surface area contributed by atoms with Crippen LogP contribution in [0.3, 0.4) is 0 Å². The highest BCUT2D eigenvalue weighted by molar-refractivity contribution is 6.21. The number of benzene rings is 1. The molecular formula is C13H19ClO3. The van der Waals surface area contributed by atoms with Crippen molar-refractivity contribution in [1.82, 2.24) is 0 Å². The first-order valence-electron chi connectivity index (χ1n) is 5.62. The quantitative estimate of drug-likeness (QED) is 0.727. The van der Waals surface area contributed by atoms with Gasteiger partial charge in [0.25, 0.3) is 0 Å². The van der Waals surface area contributed by atoms with Crippen LogP contribution in [0.15, 0.2) is 12.1 Å². The van der Waals surface area contributed by atoms with Crippen molar-refractivity contribution in [3.05, 3.63) is 17.7 Å². The number of alkyl halides is 1. The molecule has 0 aliphatic rings. The highest BCUT2D eigenvalue weighted by Gasteiger charge is 2.20. The van der Waals surface area contributed by atoms with Crippen LogP contribution in [-0.4, -0.2) is 21.3 Å². The Hall–Kier alpha value is -1.09. The van der Waals surface area contributed by atoms with Crippen molar-refractivity contribution in [3.8, 4) is 17.2 Å². The molecule has 1 atom stereocenters. The average Bonchev–Trinajstić information content (AvgIpc) is 2.36. The monoisotopic (exact) mass is 258 g/mol. The van der Waals surface area contributed by atoms with Crippen LogP contribution in [0.2, 0.25) is 0 Å². The first-order valence-corrected chi connectivity index (χ1v) is 6.06. The SMILES string of the molecule is CCCC(Cl)c1ccc(OC)c(OC)c1OC. The van der Waals surface area contributed by atoms with E-state index in [1.807, 2.05) is 12.1 Å². The average molecular weight is 259 g/mol. The minimum atomic E-state index is -0.0743. The lowest BCUT2D eigenvalue weighted by Gasteiger charge is -2.18. The Morgan fingerprint density at radius 3 is 2.18 bits per heavy atom. The summed E-state index contributed by atoms with van der Waals surface area (Å²) in [4.78, 5) is 0. The van der Waals surface area contributed by atoms with Gasteiger partial charge in [0.1, 0.15) is 0 Å². The van der Waals surface area contributed by atoms with Gasteiger partial charge in [0.2, 0.25) is 5.75 Å². The minimum absolute atomic E-state index is 0.0743. The van der Waals surface area contributed by atoms with Crippen molar-refractivity contribution in [3.63, 3.8) is 0 Å². The van der Waals surface area contributed by atoms with Gasteiger partial charge >= 0.3 is 0 Å². The first-order chi connectivity index (χ1) is 8.19. The topological polar surface area (TPSA) is 27.7 Å². The molecule has 0 bridgehead atoms. The normalized spacial score (nSPS) is 12.1. The van der Waals surface area contributed by atoms with E-state index in [-0.39, 0.29) is 5.38 Å². The van der Waals surface area contributed by atoms with Gasteiger partial charge in [0, 0.05) is 5.56 Å². The molecule has 0 aliphatic heterocycles. The molecule has 0 aliphatic carbocycles. The summed E-state index contributed by atoms with van der Waals surface area (Å²) in [5.74, 6) is 1.89. The molecule has 0 aromatic heterocycles. The summed E-state index contributed by atoms with van der Waals surface area (Å²) in [7, 11) is 4.80. The van der Waals surface area contributed by atoms with Crippen LogP contribution in [0.1, 0.15) is 30.7 Å². The van der Waals surface area contributed by atoms with Crippen molar-refractivity contribution in [2.75, 3.05) is 21.3 Å². The maximum absolute atomic E-state index is 6.34. The Balaban J connectivity index is 3.22. The molecule has 0 spiro atoms. The van der Waals surface area contributed by atoms with Crippen LogP contribution >= 0.6 is 11.6 Å². The van der Waals surface area contributed by atoms with Crippen LogP contribution in [0.4, 0.5) is 0 Å². The zero-order valence-electron chi connectivity index (χ0n) is 10.7. The second kappa shape index (κ2) is 6.60.